The molecule has 0 heterocycles. The fourth-order valence-electron chi connectivity index (χ4n) is 2.42. The smallest absolute Gasteiger partial charge is 0.0297 e. The highest BCUT2D eigenvalue weighted by Crippen LogP contribution is 2.58. The highest BCUT2D eigenvalue weighted by atomic mass is 14.5. The normalized spacial score (nSPS) is 46.0. The van der Waals surface area contributed by atoms with Crippen molar-refractivity contribution in [2.75, 3.05) is 0 Å². The lowest BCUT2D eigenvalue weighted by Crippen LogP contribution is -2.47. The molecule has 0 saturated heterocycles. The fourth-order valence-corrected chi connectivity index (χ4v) is 2.42. The molecule has 51 valence electrons. The second-order valence-corrected chi connectivity index (χ2v) is 4.21. The van der Waals surface area contributed by atoms with Crippen molar-refractivity contribution in [1.82, 2.24) is 0 Å². The van der Waals surface area contributed by atoms with Gasteiger partial charge in [0.15, 0.2) is 0 Å². The summed E-state index contributed by atoms with van der Waals surface area (Å²) in [5.41, 5.74) is 0.703. The Morgan fingerprint density at radius 3 is 2.00 bits per heavy atom. The number of hydrogen-bond acceptors (Lipinski definition) is 0. The van der Waals surface area contributed by atoms with Crippen LogP contribution in [0.15, 0.2) is 0 Å². The maximum absolute atomic E-state index is 2.48. The first-order chi connectivity index (χ1) is 4.21. The molecule has 2 bridgehead atoms. The van der Waals surface area contributed by atoms with Crippen LogP contribution in [0.4, 0.5) is 0 Å². The molecule has 0 N–H and O–H groups in total. The molecule has 3 fully saturated rings. The minimum absolute atomic E-state index is 0.703. The second kappa shape index (κ2) is 1.53. The lowest BCUT2D eigenvalue weighted by atomic mass is 9.49. The summed E-state index contributed by atoms with van der Waals surface area (Å²) >= 11 is 0. The molecule has 3 aliphatic rings. The van der Waals surface area contributed by atoms with Crippen molar-refractivity contribution in [1.29, 1.82) is 0 Å². The number of rotatable bonds is 0. The van der Waals surface area contributed by atoms with Crippen LogP contribution < -0.4 is 0 Å². The fraction of sp³-hybridized carbons (Fsp3) is 0.889. The Kier molecular flexibility index (Phi) is 0.980. The van der Waals surface area contributed by atoms with Crippen LogP contribution in [0.5, 0.6) is 0 Å². The largest absolute Gasteiger partial charge is 0.0594 e. The van der Waals surface area contributed by atoms with Gasteiger partial charge in [-0.25, -0.2) is 0 Å². The topological polar surface area (TPSA) is 0 Å². The summed E-state index contributed by atoms with van der Waals surface area (Å²) in [6.45, 7) is 4.86. The molecule has 3 rings (SSSR count). The first kappa shape index (κ1) is 5.76. The monoisotopic (exact) mass is 123 g/mol. The summed E-state index contributed by atoms with van der Waals surface area (Å²) in [5, 5.41) is 0. The Balaban J connectivity index is 2.13. The average Bonchev–Trinajstić information content (AvgIpc) is 1.89. The molecule has 0 aromatic heterocycles. The van der Waals surface area contributed by atoms with Gasteiger partial charge >= 0.3 is 0 Å². The molecule has 0 aromatic rings. The van der Waals surface area contributed by atoms with E-state index >= 15 is 0 Å². The molecule has 0 heteroatoms. The van der Waals surface area contributed by atoms with E-state index in [1.165, 1.54) is 19.3 Å². The molecular weight excluding hydrogens is 108 g/mol. The zero-order valence-corrected chi connectivity index (χ0v) is 6.35. The van der Waals surface area contributed by atoms with Crippen LogP contribution >= 0.6 is 0 Å². The maximum atomic E-state index is 2.48. The summed E-state index contributed by atoms with van der Waals surface area (Å²) in [4.78, 5) is 0. The third kappa shape index (κ3) is 0.595. The Bertz CT molecular complexity index is 108. The van der Waals surface area contributed by atoms with Crippen molar-refractivity contribution in [2.24, 2.45) is 17.3 Å². The summed E-state index contributed by atoms with van der Waals surface area (Å²) in [5.74, 6) is 2.08. The summed E-state index contributed by atoms with van der Waals surface area (Å²) < 4.78 is 0. The molecule has 0 amide bonds. The third-order valence-electron chi connectivity index (χ3n) is 3.58. The van der Waals surface area contributed by atoms with Gasteiger partial charge in [0.2, 0.25) is 0 Å². The van der Waals surface area contributed by atoms with E-state index in [-0.39, 0.29) is 0 Å². The van der Waals surface area contributed by atoms with Gasteiger partial charge in [-0.2, -0.15) is 0 Å². The van der Waals surface area contributed by atoms with E-state index in [1.54, 1.807) is 0 Å². The molecule has 0 aromatic carbocycles. The minimum atomic E-state index is 0.703. The zero-order valence-electron chi connectivity index (χ0n) is 6.35. The van der Waals surface area contributed by atoms with Crippen molar-refractivity contribution in [3.05, 3.63) is 6.42 Å². The van der Waals surface area contributed by atoms with Crippen molar-refractivity contribution in [3.63, 3.8) is 0 Å². The molecule has 3 saturated carbocycles. The first-order valence-corrected chi connectivity index (χ1v) is 4.03. The molecule has 3 aliphatic carbocycles. The lowest BCUT2D eigenvalue weighted by molar-refractivity contribution is -0.0450. The first-order valence-electron chi connectivity index (χ1n) is 4.03. The zero-order chi connectivity index (χ0) is 6.48. The Hall–Kier alpha value is 0. The average molecular weight is 123 g/mol. The van der Waals surface area contributed by atoms with Crippen LogP contribution in [-0.4, -0.2) is 0 Å². The molecule has 2 atom stereocenters. The Labute approximate surface area is 57.6 Å². The van der Waals surface area contributed by atoms with Gasteiger partial charge in [-0.05, 0) is 42.9 Å². The van der Waals surface area contributed by atoms with Crippen LogP contribution in [0.2, 0.25) is 0 Å². The van der Waals surface area contributed by atoms with Crippen LogP contribution in [0.1, 0.15) is 33.1 Å². The quantitative estimate of drug-likeness (QED) is 0.464. The van der Waals surface area contributed by atoms with Crippen LogP contribution in [0.3, 0.4) is 0 Å². The highest BCUT2D eigenvalue weighted by Gasteiger charge is 2.49. The molecule has 0 nitrogen and oxygen atoms in total. The van der Waals surface area contributed by atoms with Gasteiger partial charge < -0.3 is 0 Å². The van der Waals surface area contributed by atoms with E-state index in [0.29, 0.717) is 5.41 Å². The van der Waals surface area contributed by atoms with Gasteiger partial charge in [0.05, 0.1) is 0 Å². The Morgan fingerprint density at radius 1 is 1.22 bits per heavy atom. The lowest BCUT2D eigenvalue weighted by Gasteiger charge is -2.56. The van der Waals surface area contributed by atoms with E-state index < -0.39 is 0 Å². The Morgan fingerprint density at radius 2 is 1.78 bits per heavy atom. The van der Waals surface area contributed by atoms with Crippen LogP contribution in [0.25, 0.3) is 0 Å². The van der Waals surface area contributed by atoms with E-state index in [1.807, 2.05) is 0 Å². The second-order valence-electron chi connectivity index (χ2n) is 4.21. The standard InChI is InChI=1S/C9H15/c1-9(2)7-4-3-5-8(9)6-7/h3,7-8H,4-6H2,1-2H3. The van der Waals surface area contributed by atoms with Gasteiger partial charge in [-0.1, -0.05) is 13.8 Å². The van der Waals surface area contributed by atoms with Crippen molar-refractivity contribution in [3.8, 4) is 0 Å². The SMILES string of the molecule is CC1(C)C2C[CH]CC1C2. The molecular formula is C9H15. The van der Waals surface area contributed by atoms with Gasteiger partial charge in [-0.3, -0.25) is 0 Å². The van der Waals surface area contributed by atoms with Crippen LogP contribution in [0, 0.1) is 23.7 Å². The van der Waals surface area contributed by atoms with E-state index in [0.717, 1.165) is 11.8 Å². The summed E-state index contributed by atoms with van der Waals surface area (Å²) in [7, 11) is 0. The molecule has 1 radical (unpaired) electrons. The van der Waals surface area contributed by atoms with Crippen molar-refractivity contribution < 1.29 is 0 Å². The summed E-state index contributed by atoms with van der Waals surface area (Å²) in [6.07, 6.45) is 6.78. The number of hydrogen-bond donors (Lipinski definition) is 0. The minimum Gasteiger partial charge on any atom is -0.0594 e. The summed E-state index contributed by atoms with van der Waals surface area (Å²) in [6, 6.07) is 0. The van der Waals surface area contributed by atoms with E-state index in [9.17, 15) is 0 Å². The maximum Gasteiger partial charge on any atom is -0.0297 e. The molecule has 0 aliphatic heterocycles. The van der Waals surface area contributed by atoms with Gasteiger partial charge in [-0.15, -0.1) is 0 Å². The van der Waals surface area contributed by atoms with E-state index in [2.05, 4.69) is 20.3 Å². The number of fused-ring (bicyclic) bond motifs is 2. The van der Waals surface area contributed by atoms with Crippen molar-refractivity contribution >= 4 is 0 Å². The van der Waals surface area contributed by atoms with Crippen molar-refractivity contribution in [2.45, 2.75) is 33.1 Å². The highest BCUT2D eigenvalue weighted by molar-refractivity contribution is 5.04. The molecule has 9 heavy (non-hydrogen) atoms. The predicted molar refractivity (Wildman–Crippen MR) is 38.9 cm³/mol. The molecule has 2 unspecified atom stereocenters. The molecule has 0 spiro atoms. The van der Waals surface area contributed by atoms with Crippen LogP contribution in [-0.2, 0) is 0 Å². The van der Waals surface area contributed by atoms with Gasteiger partial charge in [0.25, 0.3) is 0 Å². The third-order valence-corrected chi connectivity index (χ3v) is 3.58. The van der Waals surface area contributed by atoms with E-state index in [4.69, 9.17) is 0 Å². The van der Waals surface area contributed by atoms with Gasteiger partial charge in [0.1, 0.15) is 0 Å². The van der Waals surface area contributed by atoms with Gasteiger partial charge in [0, 0.05) is 0 Å². The predicted octanol–water partition coefficient (Wildman–Crippen LogP) is 2.65.